The molecular formula is C16H12Cl2FN3O2. The van der Waals surface area contributed by atoms with Crippen LogP contribution >= 0.6 is 23.2 Å². The number of benzene rings is 2. The Balaban J connectivity index is 1.84. The van der Waals surface area contributed by atoms with Gasteiger partial charge in [-0.3, -0.25) is 9.59 Å². The third-order valence-corrected chi connectivity index (χ3v) is 3.56. The van der Waals surface area contributed by atoms with Gasteiger partial charge in [0.25, 0.3) is 0 Å². The summed E-state index contributed by atoms with van der Waals surface area (Å²) < 4.78 is 13.3. The molecule has 0 saturated carbocycles. The minimum atomic E-state index is -0.639. The first-order valence-corrected chi connectivity index (χ1v) is 7.52. The van der Waals surface area contributed by atoms with Crippen LogP contribution in [-0.4, -0.2) is 18.0 Å². The van der Waals surface area contributed by atoms with Crippen molar-refractivity contribution in [3.05, 3.63) is 63.9 Å². The number of rotatable bonds is 5. The largest absolute Gasteiger partial charge is 0.326 e. The Morgan fingerprint density at radius 2 is 1.83 bits per heavy atom. The normalized spacial score (nSPS) is 10.6. The Hall–Kier alpha value is -2.44. The Kier molecular flexibility index (Phi) is 6.28. The first kappa shape index (κ1) is 17.9. The van der Waals surface area contributed by atoms with Gasteiger partial charge in [0.05, 0.1) is 16.3 Å². The van der Waals surface area contributed by atoms with Crippen molar-refractivity contribution < 1.29 is 14.0 Å². The van der Waals surface area contributed by atoms with E-state index in [2.05, 4.69) is 15.8 Å². The number of hydrogen-bond acceptors (Lipinski definition) is 3. The van der Waals surface area contributed by atoms with E-state index in [-0.39, 0.29) is 10.6 Å². The number of anilines is 1. The zero-order valence-electron chi connectivity index (χ0n) is 12.2. The fourth-order valence-electron chi connectivity index (χ4n) is 1.72. The SMILES string of the molecule is O=C(CC(=O)Nc1ccc(Cl)c(Cl)c1)NN=Cc1ccccc1F. The molecule has 0 fully saturated rings. The zero-order valence-corrected chi connectivity index (χ0v) is 13.7. The molecular weight excluding hydrogens is 356 g/mol. The number of hydrazone groups is 1. The van der Waals surface area contributed by atoms with Gasteiger partial charge in [-0.1, -0.05) is 41.4 Å². The van der Waals surface area contributed by atoms with Gasteiger partial charge in [-0.25, -0.2) is 9.82 Å². The van der Waals surface area contributed by atoms with Crippen molar-refractivity contribution >= 4 is 46.9 Å². The highest BCUT2D eigenvalue weighted by Gasteiger charge is 2.10. The lowest BCUT2D eigenvalue weighted by Gasteiger charge is -2.05. The van der Waals surface area contributed by atoms with E-state index >= 15 is 0 Å². The van der Waals surface area contributed by atoms with Crippen molar-refractivity contribution in [1.29, 1.82) is 0 Å². The van der Waals surface area contributed by atoms with Gasteiger partial charge < -0.3 is 5.32 Å². The van der Waals surface area contributed by atoms with Gasteiger partial charge in [0.2, 0.25) is 11.8 Å². The molecule has 0 radical (unpaired) electrons. The molecule has 0 aliphatic carbocycles. The lowest BCUT2D eigenvalue weighted by atomic mass is 10.2. The maximum absolute atomic E-state index is 13.3. The fraction of sp³-hybridized carbons (Fsp3) is 0.0625. The van der Waals surface area contributed by atoms with Crippen LogP contribution in [0.1, 0.15) is 12.0 Å². The summed E-state index contributed by atoms with van der Waals surface area (Å²) in [4.78, 5) is 23.4. The number of nitrogens with zero attached hydrogens (tertiary/aromatic N) is 1. The molecule has 0 spiro atoms. The number of carbonyl (C=O) groups excluding carboxylic acids is 2. The van der Waals surface area contributed by atoms with Crippen molar-refractivity contribution in [1.82, 2.24) is 5.43 Å². The van der Waals surface area contributed by atoms with Gasteiger partial charge in [0, 0.05) is 11.3 Å². The Morgan fingerprint density at radius 3 is 2.54 bits per heavy atom. The molecule has 5 nitrogen and oxygen atoms in total. The molecule has 124 valence electrons. The molecule has 0 aliphatic heterocycles. The molecule has 2 rings (SSSR count). The molecule has 0 heterocycles. The van der Waals surface area contributed by atoms with Crippen LogP contribution in [0.15, 0.2) is 47.6 Å². The highest BCUT2D eigenvalue weighted by atomic mass is 35.5. The second kappa shape index (κ2) is 8.42. The van der Waals surface area contributed by atoms with Crippen molar-refractivity contribution in [2.75, 3.05) is 5.32 Å². The van der Waals surface area contributed by atoms with Crippen molar-refractivity contribution in [2.45, 2.75) is 6.42 Å². The average Bonchev–Trinajstić information content (AvgIpc) is 2.52. The monoisotopic (exact) mass is 367 g/mol. The van der Waals surface area contributed by atoms with Gasteiger partial charge in [0.1, 0.15) is 12.2 Å². The Bertz CT molecular complexity index is 797. The number of halogens is 3. The average molecular weight is 368 g/mol. The molecule has 0 unspecified atom stereocenters. The van der Waals surface area contributed by atoms with Crippen LogP contribution in [0.25, 0.3) is 0 Å². The smallest absolute Gasteiger partial charge is 0.249 e. The third-order valence-electron chi connectivity index (χ3n) is 2.82. The number of amides is 2. The van der Waals surface area contributed by atoms with Crippen LogP contribution in [-0.2, 0) is 9.59 Å². The Labute approximate surface area is 147 Å². The van der Waals surface area contributed by atoms with Crippen LogP contribution in [0.2, 0.25) is 10.0 Å². The van der Waals surface area contributed by atoms with E-state index in [0.717, 1.165) is 6.21 Å². The first-order valence-electron chi connectivity index (χ1n) is 6.77. The van der Waals surface area contributed by atoms with Crippen LogP contribution in [0, 0.1) is 5.82 Å². The highest BCUT2D eigenvalue weighted by molar-refractivity contribution is 6.42. The zero-order chi connectivity index (χ0) is 17.5. The summed E-state index contributed by atoms with van der Waals surface area (Å²) in [7, 11) is 0. The predicted octanol–water partition coefficient (Wildman–Crippen LogP) is 3.61. The van der Waals surface area contributed by atoms with Crippen LogP contribution in [0.3, 0.4) is 0 Å². The molecule has 24 heavy (non-hydrogen) atoms. The van der Waals surface area contributed by atoms with Gasteiger partial charge >= 0.3 is 0 Å². The third kappa shape index (κ3) is 5.33. The van der Waals surface area contributed by atoms with Crippen LogP contribution in [0.4, 0.5) is 10.1 Å². The molecule has 0 atom stereocenters. The molecule has 0 saturated heterocycles. The molecule has 8 heteroatoms. The van der Waals surface area contributed by atoms with Crippen LogP contribution in [0.5, 0.6) is 0 Å². The topological polar surface area (TPSA) is 70.6 Å². The summed E-state index contributed by atoms with van der Waals surface area (Å²) in [5.74, 6) is -1.65. The second-order valence-corrected chi connectivity index (χ2v) is 5.48. The number of carbonyl (C=O) groups is 2. The fourth-order valence-corrected chi connectivity index (χ4v) is 2.02. The van der Waals surface area contributed by atoms with Crippen molar-refractivity contribution in [3.8, 4) is 0 Å². The minimum absolute atomic E-state index is 0.220. The van der Waals surface area contributed by atoms with Gasteiger partial charge in [-0.2, -0.15) is 5.10 Å². The lowest BCUT2D eigenvalue weighted by molar-refractivity contribution is -0.126. The summed E-state index contributed by atoms with van der Waals surface area (Å²) in [6, 6.07) is 10.5. The van der Waals surface area contributed by atoms with E-state index in [4.69, 9.17) is 23.2 Å². The summed E-state index contributed by atoms with van der Waals surface area (Å²) >= 11 is 11.6. The summed E-state index contributed by atoms with van der Waals surface area (Å²) in [5.41, 5.74) is 2.79. The van der Waals surface area contributed by atoms with E-state index < -0.39 is 24.1 Å². The molecule has 0 aromatic heterocycles. The summed E-state index contributed by atoms with van der Waals surface area (Å²) in [6.07, 6.45) is 0.707. The maximum atomic E-state index is 13.3. The Morgan fingerprint density at radius 1 is 1.08 bits per heavy atom. The van der Waals surface area contributed by atoms with E-state index in [0.29, 0.717) is 10.7 Å². The quantitative estimate of drug-likeness (QED) is 0.481. The molecule has 2 aromatic carbocycles. The molecule has 2 N–H and O–H groups in total. The number of hydrogen-bond donors (Lipinski definition) is 2. The lowest BCUT2D eigenvalue weighted by Crippen LogP contribution is -2.24. The number of nitrogens with one attached hydrogen (secondary N) is 2. The highest BCUT2D eigenvalue weighted by Crippen LogP contribution is 2.24. The molecule has 0 aliphatic rings. The second-order valence-electron chi connectivity index (χ2n) is 4.67. The van der Waals surface area contributed by atoms with E-state index in [1.54, 1.807) is 18.2 Å². The first-order chi connectivity index (χ1) is 11.5. The van der Waals surface area contributed by atoms with Crippen LogP contribution < -0.4 is 10.7 Å². The van der Waals surface area contributed by atoms with E-state index in [1.807, 2.05) is 0 Å². The van der Waals surface area contributed by atoms with Crippen molar-refractivity contribution in [2.24, 2.45) is 5.10 Å². The van der Waals surface area contributed by atoms with Gasteiger partial charge in [-0.15, -0.1) is 0 Å². The molecule has 2 aromatic rings. The van der Waals surface area contributed by atoms with E-state index in [1.165, 1.54) is 24.3 Å². The minimum Gasteiger partial charge on any atom is -0.326 e. The van der Waals surface area contributed by atoms with Gasteiger partial charge in [-0.05, 0) is 24.3 Å². The summed E-state index contributed by atoms with van der Waals surface area (Å²) in [5, 5.41) is 6.75. The molecule has 2 amide bonds. The summed E-state index contributed by atoms with van der Waals surface area (Å²) in [6.45, 7) is 0. The van der Waals surface area contributed by atoms with E-state index in [9.17, 15) is 14.0 Å². The molecule has 0 bridgehead atoms. The van der Waals surface area contributed by atoms with Crippen molar-refractivity contribution in [3.63, 3.8) is 0 Å². The predicted molar refractivity (Wildman–Crippen MR) is 91.8 cm³/mol. The standard InChI is InChI=1S/C16H12Cl2FN3O2/c17-12-6-5-11(7-13(12)18)21-15(23)8-16(24)22-20-9-10-3-1-2-4-14(10)19/h1-7,9H,8H2,(H,21,23)(H,22,24). The maximum Gasteiger partial charge on any atom is 0.249 e. The van der Waals surface area contributed by atoms with Gasteiger partial charge in [0.15, 0.2) is 0 Å².